The van der Waals surface area contributed by atoms with E-state index in [4.69, 9.17) is 0 Å². The largest absolute Gasteiger partial charge is 0.523 e. The molecule has 0 radical (unpaired) electrons. The highest BCUT2D eigenvalue weighted by atomic mass is 32.2. The van der Waals surface area contributed by atoms with Crippen molar-refractivity contribution in [3.8, 4) is 0 Å². The fourth-order valence-electron chi connectivity index (χ4n) is 1.88. The summed E-state index contributed by atoms with van der Waals surface area (Å²) < 4.78 is 89.5. The van der Waals surface area contributed by atoms with Gasteiger partial charge in [0, 0.05) is 5.56 Å². The van der Waals surface area contributed by atoms with Gasteiger partial charge < -0.3 is 0 Å². The lowest BCUT2D eigenvalue weighted by molar-refractivity contribution is -0.0544. The number of benzene rings is 2. The SMILES string of the molecule is O=C(c1ccccc1)C(OS(=O)(=O)C(F)(F)F)S(=O)(=O)c1ccccc1. The van der Waals surface area contributed by atoms with Crippen molar-refractivity contribution >= 4 is 25.7 Å². The summed E-state index contributed by atoms with van der Waals surface area (Å²) >= 11 is 0. The van der Waals surface area contributed by atoms with Crippen LogP contribution >= 0.6 is 0 Å². The van der Waals surface area contributed by atoms with Crippen LogP contribution in [-0.4, -0.2) is 33.6 Å². The molecule has 11 heteroatoms. The van der Waals surface area contributed by atoms with Crippen LogP contribution in [0, 0.1) is 0 Å². The molecule has 0 aliphatic carbocycles. The van der Waals surface area contributed by atoms with Crippen molar-refractivity contribution in [2.75, 3.05) is 0 Å². The average Bonchev–Trinajstić information content (AvgIpc) is 2.59. The number of halogens is 3. The van der Waals surface area contributed by atoms with E-state index in [2.05, 4.69) is 4.18 Å². The normalized spacial score (nSPS) is 14.0. The predicted octanol–water partition coefficient (Wildman–Crippen LogP) is 2.54. The highest BCUT2D eigenvalue weighted by molar-refractivity contribution is 7.94. The van der Waals surface area contributed by atoms with Crippen LogP contribution in [0.25, 0.3) is 0 Å². The number of hydrogen-bond acceptors (Lipinski definition) is 6. The predicted molar refractivity (Wildman–Crippen MR) is 84.2 cm³/mol. The van der Waals surface area contributed by atoms with E-state index in [9.17, 15) is 34.8 Å². The molecule has 0 spiro atoms. The summed E-state index contributed by atoms with van der Waals surface area (Å²) in [6, 6.07) is 12.3. The number of carbonyl (C=O) groups is 1. The average molecular weight is 408 g/mol. The minimum absolute atomic E-state index is 0.325. The van der Waals surface area contributed by atoms with Gasteiger partial charge in [-0.05, 0) is 12.1 Å². The Morgan fingerprint density at radius 2 is 1.31 bits per heavy atom. The van der Waals surface area contributed by atoms with Crippen LogP contribution in [0.1, 0.15) is 10.4 Å². The van der Waals surface area contributed by atoms with E-state index in [-0.39, 0.29) is 5.56 Å². The molecule has 2 rings (SSSR count). The lowest BCUT2D eigenvalue weighted by atomic mass is 10.1. The molecule has 0 bridgehead atoms. The van der Waals surface area contributed by atoms with Gasteiger partial charge in [0.05, 0.1) is 4.90 Å². The van der Waals surface area contributed by atoms with Crippen LogP contribution < -0.4 is 0 Å². The van der Waals surface area contributed by atoms with Gasteiger partial charge in [-0.3, -0.25) is 4.79 Å². The third-order valence-corrected chi connectivity index (χ3v) is 6.06. The molecule has 140 valence electrons. The molecule has 0 aliphatic rings. The smallest absolute Gasteiger partial charge is 0.290 e. The van der Waals surface area contributed by atoms with Gasteiger partial charge in [-0.25, -0.2) is 12.6 Å². The van der Waals surface area contributed by atoms with E-state index in [1.165, 1.54) is 36.4 Å². The molecule has 6 nitrogen and oxygen atoms in total. The molecule has 0 amide bonds. The molecule has 0 N–H and O–H groups in total. The molecule has 0 saturated carbocycles. The highest BCUT2D eigenvalue weighted by Crippen LogP contribution is 2.29. The van der Waals surface area contributed by atoms with Gasteiger partial charge in [-0.2, -0.15) is 21.6 Å². The molecule has 0 aliphatic heterocycles. The first-order valence-electron chi connectivity index (χ1n) is 6.84. The van der Waals surface area contributed by atoms with E-state index in [0.717, 1.165) is 24.3 Å². The zero-order valence-corrected chi connectivity index (χ0v) is 14.4. The zero-order chi connectivity index (χ0) is 19.6. The Morgan fingerprint density at radius 3 is 1.77 bits per heavy atom. The first-order valence-corrected chi connectivity index (χ1v) is 9.80. The van der Waals surface area contributed by atoms with Gasteiger partial charge in [0.15, 0.2) is 0 Å². The van der Waals surface area contributed by atoms with Crippen LogP contribution in [-0.2, 0) is 24.1 Å². The molecule has 0 aromatic heterocycles. The van der Waals surface area contributed by atoms with Crippen LogP contribution in [0.2, 0.25) is 0 Å². The van der Waals surface area contributed by atoms with Crippen molar-refractivity contribution in [2.45, 2.75) is 15.8 Å². The van der Waals surface area contributed by atoms with Gasteiger partial charge in [0.25, 0.3) is 0 Å². The number of rotatable bonds is 6. The zero-order valence-electron chi connectivity index (χ0n) is 12.8. The van der Waals surface area contributed by atoms with E-state index >= 15 is 0 Å². The third kappa shape index (κ3) is 4.11. The van der Waals surface area contributed by atoms with Gasteiger partial charge >= 0.3 is 15.6 Å². The molecule has 1 unspecified atom stereocenters. The minimum Gasteiger partial charge on any atom is -0.290 e. The van der Waals surface area contributed by atoms with Crippen molar-refractivity contribution in [3.63, 3.8) is 0 Å². The van der Waals surface area contributed by atoms with E-state index < -0.39 is 41.6 Å². The summed E-state index contributed by atoms with van der Waals surface area (Å²) in [6.07, 6.45) is 0. The second-order valence-corrected chi connectivity index (χ2v) is 8.47. The van der Waals surface area contributed by atoms with Gasteiger partial charge in [0.2, 0.25) is 21.1 Å². The van der Waals surface area contributed by atoms with Crippen molar-refractivity contribution in [2.24, 2.45) is 0 Å². The summed E-state index contributed by atoms with van der Waals surface area (Å²) in [5, 5.41) is 0. The van der Waals surface area contributed by atoms with Gasteiger partial charge in [0.1, 0.15) is 0 Å². The van der Waals surface area contributed by atoms with Gasteiger partial charge in [-0.1, -0.05) is 48.5 Å². The van der Waals surface area contributed by atoms with Crippen molar-refractivity contribution in [1.29, 1.82) is 0 Å². The molecular formula is C15H11F3O6S2. The lowest BCUT2D eigenvalue weighted by Crippen LogP contribution is -2.39. The van der Waals surface area contributed by atoms with Crippen LogP contribution in [0.3, 0.4) is 0 Å². The molecule has 0 saturated heterocycles. The summed E-state index contributed by atoms with van der Waals surface area (Å²) in [5.41, 5.74) is -9.14. The Labute approximate surface area is 147 Å². The molecule has 26 heavy (non-hydrogen) atoms. The van der Waals surface area contributed by atoms with Crippen LogP contribution in [0.4, 0.5) is 13.2 Å². The van der Waals surface area contributed by atoms with Crippen molar-refractivity contribution in [3.05, 3.63) is 66.2 Å². The summed E-state index contributed by atoms with van der Waals surface area (Å²) in [4.78, 5) is 11.9. The Balaban J connectivity index is 2.58. The molecule has 0 heterocycles. The molecular weight excluding hydrogens is 397 g/mol. The van der Waals surface area contributed by atoms with Crippen LogP contribution in [0.5, 0.6) is 0 Å². The Bertz CT molecular complexity index is 985. The van der Waals surface area contributed by atoms with E-state index in [1.807, 2.05) is 0 Å². The molecule has 2 aromatic carbocycles. The topological polar surface area (TPSA) is 94.6 Å². The monoisotopic (exact) mass is 408 g/mol. The van der Waals surface area contributed by atoms with E-state index in [1.54, 1.807) is 0 Å². The van der Waals surface area contributed by atoms with Crippen LogP contribution in [0.15, 0.2) is 65.6 Å². The number of carbonyl (C=O) groups excluding carboxylic acids is 1. The van der Waals surface area contributed by atoms with E-state index in [0.29, 0.717) is 0 Å². The second kappa shape index (κ2) is 7.17. The Kier molecular flexibility index (Phi) is 5.54. The highest BCUT2D eigenvalue weighted by Gasteiger charge is 2.52. The Morgan fingerprint density at radius 1 is 0.846 bits per heavy atom. The minimum atomic E-state index is -6.34. The third-order valence-electron chi connectivity index (χ3n) is 3.12. The Hall–Kier alpha value is -2.24. The second-order valence-electron chi connectivity index (χ2n) is 4.92. The number of alkyl halides is 3. The quantitative estimate of drug-likeness (QED) is 0.414. The maximum atomic E-state index is 12.6. The standard InChI is InChI=1S/C15H11F3O6S2/c16-15(17,18)26(22,23)24-14(13(19)11-7-3-1-4-8-11)25(20,21)12-9-5-2-6-10-12/h1-10,14H. The van der Waals surface area contributed by atoms with Crippen molar-refractivity contribution in [1.82, 2.24) is 0 Å². The summed E-state index contributed by atoms with van der Waals surface area (Å²) in [5.74, 6) is -1.44. The number of Topliss-reactive ketones (excluding diaryl/α,β-unsaturated/α-hetero) is 1. The number of hydrogen-bond donors (Lipinski definition) is 0. The van der Waals surface area contributed by atoms with Gasteiger partial charge in [-0.15, -0.1) is 0 Å². The molecule has 0 fully saturated rings. The maximum Gasteiger partial charge on any atom is 0.523 e. The summed E-state index contributed by atoms with van der Waals surface area (Å²) in [6.45, 7) is 0. The fourth-order valence-corrected chi connectivity index (χ4v) is 4.23. The first kappa shape index (κ1) is 20.1. The lowest BCUT2D eigenvalue weighted by Gasteiger charge is -2.18. The maximum absolute atomic E-state index is 12.6. The summed E-state index contributed by atoms with van der Waals surface area (Å²) in [7, 11) is -11.2. The first-order chi connectivity index (χ1) is 12.0. The fraction of sp³-hybridized carbons (Fsp3) is 0.133. The number of ketones is 1. The van der Waals surface area contributed by atoms with Crippen molar-refractivity contribution < 1.29 is 39.0 Å². The number of sulfone groups is 1. The molecule has 2 aromatic rings. The molecule has 1 atom stereocenters.